The molecule has 1 aliphatic heterocycles. The van der Waals surface area contributed by atoms with Crippen LogP contribution in [-0.4, -0.2) is 51.0 Å². The number of nitrogens with two attached hydrogens (primary N) is 1. The summed E-state index contributed by atoms with van der Waals surface area (Å²) in [5.74, 6) is -0.0721. The Morgan fingerprint density at radius 3 is 2.83 bits per heavy atom. The largest absolute Gasteiger partial charge is 0.480 e. The van der Waals surface area contributed by atoms with Gasteiger partial charge in [0.15, 0.2) is 5.13 Å². The first-order valence-corrected chi connectivity index (χ1v) is 7.32. The molecule has 1 aromatic heterocycles. The van der Waals surface area contributed by atoms with Crippen molar-refractivity contribution in [3.8, 4) is 0 Å². The number of thiazole rings is 1. The number of aryl methyl sites for hydroxylation is 1. The van der Waals surface area contributed by atoms with E-state index in [0.29, 0.717) is 28.0 Å². The van der Waals surface area contributed by atoms with Gasteiger partial charge in [0.1, 0.15) is 10.9 Å². The Labute approximate surface area is 112 Å². The summed E-state index contributed by atoms with van der Waals surface area (Å²) in [6.45, 7) is 2.15. The van der Waals surface area contributed by atoms with Crippen LogP contribution in [0.4, 0.5) is 5.13 Å². The monoisotopic (exact) mass is 287 g/mol. The van der Waals surface area contributed by atoms with Crippen LogP contribution < -0.4 is 5.73 Å². The fraction of sp³-hybridized carbons (Fsp3) is 0.500. The predicted octanol–water partition coefficient (Wildman–Crippen LogP) is 0.676. The van der Waals surface area contributed by atoms with Crippen molar-refractivity contribution in [2.45, 2.75) is 13.0 Å². The van der Waals surface area contributed by atoms with E-state index in [-0.39, 0.29) is 5.91 Å². The van der Waals surface area contributed by atoms with Crippen molar-refractivity contribution in [3.63, 3.8) is 0 Å². The summed E-state index contributed by atoms with van der Waals surface area (Å²) < 4.78 is 0. The molecule has 18 heavy (non-hydrogen) atoms. The minimum atomic E-state index is -0.967. The van der Waals surface area contributed by atoms with Gasteiger partial charge in [-0.05, 0) is 6.92 Å². The number of carbonyl (C=O) groups is 2. The highest BCUT2D eigenvalue weighted by atomic mass is 32.2. The van der Waals surface area contributed by atoms with Crippen molar-refractivity contribution in [2.24, 2.45) is 0 Å². The Balaban J connectivity index is 2.26. The van der Waals surface area contributed by atoms with Gasteiger partial charge in [-0.3, -0.25) is 4.79 Å². The van der Waals surface area contributed by atoms with Crippen LogP contribution in [0.1, 0.15) is 15.4 Å². The molecule has 1 saturated heterocycles. The van der Waals surface area contributed by atoms with E-state index in [1.165, 1.54) is 4.90 Å². The first-order chi connectivity index (χ1) is 8.50. The average molecular weight is 287 g/mol. The maximum atomic E-state index is 12.3. The van der Waals surface area contributed by atoms with Gasteiger partial charge >= 0.3 is 5.97 Å². The van der Waals surface area contributed by atoms with Crippen LogP contribution in [0.5, 0.6) is 0 Å². The van der Waals surface area contributed by atoms with Crippen molar-refractivity contribution in [2.75, 3.05) is 23.8 Å². The average Bonchev–Trinajstić information content (AvgIpc) is 2.67. The summed E-state index contributed by atoms with van der Waals surface area (Å²) in [7, 11) is 0. The van der Waals surface area contributed by atoms with Gasteiger partial charge in [0, 0.05) is 18.1 Å². The Kier molecular flexibility index (Phi) is 3.76. The molecule has 1 aromatic rings. The topological polar surface area (TPSA) is 96.5 Å². The number of hydrogen-bond donors (Lipinski definition) is 2. The third-order valence-electron chi connectivity index (χ3n) is 2.68. The zero-order valence-electron chi connectivity index (χ0n) is 9.75. The van der Waals surface area contributed by atoms with Crippen molar-refractivity contribution in [3.05, 3.63) is 10.6 Å². The van der Waals surface area contributed by atoms with Crippen LogP contribution in [0.2, 0.25) is 0 Å². The SMILES string of the molecule is Cc1nc(N)sc1C(=O)N1CCSCC1C(=O)O. The molecule has 0 saturated carbocycles. The quantitative estimate of drug-likeness (QED) is 0.830. The highest BCUT2D eigenvalue weighted by Crippen LogP contribution is 2.25. The van der Waals surface area contributed by atoms with E-state index in [9.17, 15) is 9.59 Å². The summed E-state index contributed by atoms with van der Waals surface area (Å²) in [4.78, 5) is 29.3. The lowest BCUT2D eigenvalue weighted by Crippen LogP contribution is -2.50. The molecule has 0 bridgehead atoms. The highest BCUT2D eigenvalue weighted by molar-refractivity contribution is 7.99. The lowest BCUT2D eigenvalue weighted by molar-refractivity contribution is -0.141. The van der Waals surface area contributed by atoms with Crippen molar-refractivity contribution < 1.29 is 14.7 Å². The molecule has 1 fully saturated rings. The van der Waals surface area contributed by atoms with Crippen LogP contribution in [0.25, 0.3) is 0 Å². The van der Waals surface area contributed by atoms with Gasteiger partial charge in [-0.25, -0.2) is 9.78 Å². The van der Waals surface area contributed by atoms with E-state index < -0.39 is 12.0 Å². The van der Waals surface area contributed by atoms with E-state index in [0.717, 1.165) is 17.1 Å². The van der Waals surface area contributed by atoms with Gasteiger partial charge in [0.2, 0.25) is 0 Å². The van der Waals surface area contributed by atoms with E-state index in [2.05, 4.69) is 4.98 Å². The molecule has 0 radical (unpaired) electrons. The van der Waals surface area contributed by atoms with Crippen LogP contribution >= 0.6 is 23.1 Å². The number of amides is 1. The lowest BCUT2D eigenvalue weighted by atomic mass is 10.2. The number of anilines is 1. The standard InChI is InChI=1S/C10H13N3O3S2/c1-5-7(18-10(11)12-5)8(14)13-2-3-17-4-6(13)9(15)16/h6H,2-4H2,1H3,(H2,11,12)(H,15,16). The molecule has 1 amide bonds. The zero-order valence-corrected chi connectivity index (χ0v) is 11.4. The van der Waals surface area contributed by atoms with Crippen molar-refractivity contribution in [1.82, 2.24) is 9.88 Å². The molecule has 2 rings (SSSR count). The van der Waals surface area contributed by atoms with E-state index >= 15 is 0 Å². The van der Waals surface area contributed by atoms with Crippen molar-refractivity contribution in [1.29, 1.82) is 0 Å². The second-order valence-electron chi connectivity index (χ2n) is 3.89. The van der Waals surface area contributed by atoms with Crippen LogP contribution in [-0.2, 0) is 4.79 Å². The molecule has 2 heterocycles. The molecule has 8 heteroatoms. The van der Waals surface area contributed by atoms with Gasteiger partial charge in [0.25, 0.3) is 5.91 Å². The molecule has 3 N–H and O–H groups in total. The summed E-state index contributed by atoms with van der Waals surface area (Å²) in [5, 5.41) is 9.46. The normalized spacial score (nSPS) is 19.8. The molecule has 98 valence electrons. The smallest absolute Gasteiger partial charge is 0.327 e. The number of aliphatic carboxylic acids is 1. The summed E-state index contributed by atoms with van der Waals surface area (Å²) in [5.41, 5.74) is 6.12. The highest BCUT2D eigenvalue weighted by Gasteiger charge is 2.34. The van der Waals surface area contributed by atoms with Gasteiger partial charge in [-0.1, -0.05) is 11.3 Å². The number of rotatable bonds is 2. The van der Waals surface area contributed by atoms with Gasteiger partial charge in [0.05, 0.1) is 5.69 Å². The van der Waals surface area contributed by atoms with E-state index in [1.54, 1.807) is 18.7 Å². The van der Waals surface area contributed by atoms with E-state index in [4.69, 9.17) is 10.8 Å². The Hall–Kier alpha value is -1.28. The van der Waals surface area contributed by atoms with Crippen LogP contribution in [0, 0.1) is 6.92 Å². The molecular formula is C10H13N3O3S2. The molecule has 1 atom stereocenters. The second kappa shape index (κ2) is 5.15. The van der Waals surface area contributed by atoms with Crippen LogP contribution in [0.3, 0.4) is 0 Å². The first kappa shape index (κ1) is 13.2. The number of nitrogens with zero attached hydrogens (tertiary/aromatic N) is 2. The van der Waals surface area contributed by atoms with Crippen molar-refractivity contribution >= 4 is 40.1 Å². The fourth-order valence-electron chi connectivity index (χ4n) is 1.80. The Bertz CT molecular complexity index is 489. The summed E-state index contributed by atoms with van der Waals surface area (Å²) in [6, 6.07) is -0.765. The Morgan fingerprint density at radius 2 is 2.28 bits per heavy atom. The van der Waals surface area contributed by atoms with E-state index in [1.807, 2.05) is 0 Å². The maximum absolute atomic E-state index is 12.3. The van der Waals surface area contributed by atoms with Gasteiger partial charge in [-0.15, -0.1) is 0 Å². The lowest BCUT2D eigenvalue weighted by Gasteiger charge is -2.32. The minimum Gasteiger partial charge on any atom is -0.480 e. The molecular weight excluding hydrogens is 274 g/mol. The molecule has 0 aromatic carbocycles. The summed E-state index contributed by atoms with van der Waals surface area (Å²) >= 11 is 2.65. The van der Waals surface area contributed by atoms with Gasteiger partial charge in [-0.2, -0.15) is 11.8 Å². The zero-order chi connectivity index (χ0) is 13.3. The van der Waals surface area contributed by atoms with Gasteiger partial charge < -0.3 is 15.7 Å². The molecule has 1 unspecified atom stereocenters. The third-order valence-corrected chi connectivity index (χ3v) is 4.68. The summed E-state index contributed by atoms with van der Waals surface area (Å²) in [6.07, 6.45) is 0. The number of aromatic nitrogens is 1. The number of carboxylic acid groups (broad SMARTS) is 1. The number of carboxylic acids is 1. The Morgan fingerprint density at radius 1 is 1.56 bits per heavy atom. The number of nitrogen functional groups attached to an aromatic ring is 1. The molecule has 0 aliphatic carbocycles. The molecule has 0 spiro atoms. The minimum absolute atomic E-state index is 0.283. The first-order valence-electron chi connectivity index (χ1n) is 5.35. The second-order valence-corrected chi connectivity index (χ2v) is 6.07. The molecule has 6 nitrogen and oxygen atoms in total. The maximum Gasteiger partial charge on any atom is 0.327 e. The third kappa shape index (κ3) is 2.44. The number of carbonyl (C=O) groups excluding carboxylic acids is 1. The number of thioether (sulfide) groups is 1. The number of hydrogen-bond acceptors (Lipinski definition) is 6. The predicted molar refractivity (Wildman–Crippen MR) is 71.0 cm³/mol. The van der Waals surface area contributed by atoms with Crippen LogP contribution in [0.15, 0.2) is 0 Å². The molecule has 1 aliphatic rings. The fourth-order valence-corrected chi connectivity index (χ4v) is 3.63.